The molecule has 0 spiro atoms. The fraction of sp³-hybridized carbons (Fsp3) is 0.296. The molecule has 8 nitrogen and oxygen atoms in total. The van der Waals surface area contributed by atoms with E-state index < -0.39 is 18.1 Å². The van der Waals surface area contributed by atoms with E-state index in [0.29, 0.717) is 31.0 Å². The average molecular weight is 493 g/mol. The number of fused-ring (bicyclic) bond motifs is 1. The molecule has 0 saturated carbocycles. The van der Waals surface area contributed by atoms with Gasteiger partial charge in [0.2, 0.25) is 5.91 Å². The van der Waals surface area contributed by atoms with Gasteiger partial charge < -0.3 is 25.0 Å². The van der Waals surface area contributed by atoms with E-state index in [2.05, 4.69) is 15.6 Å². The number of aromatic nitrogens is 1. The van der Waals surface area contributed by atoms with Crippen molar-refractivity contribution in [3.63, 3.8) is 0 Å². The van der Waals surface area contributed by atoms with Crippen LogP contribution in [-0.2, 0) is 17.8 Å². The predicted molar refractivity (Wildman–Crippen MR) is 132 cm³/mol. The third-order valence-corrected chi connectivity index (χ3v) is 6.27. The van der Waals surface area contributed by atoms with E-state index in [1.54, 1.807) is 50.6 Å². The maximum absolute atomic E-state index is 13.7. The molecule has 0 fully saturated rings. The van der Waals surface area contributed by atoms with E-state index >= 15 is 0 Å². The number of halogens is 1. The van der Waals surface area contributed by atoms with E-state index in [1.165, 1.54) is 12.1 Å². The summed E-state index contributed by atoms with van der Waals surface area (Å²) in [5, 5.41) is 5.64. The maximum atomic E-state index is 13.7. The van der Waals surface area contributed by atoms with Crippen LogP contribution in [0.2, 0.25) is 0 Å². The topological polar surface area (TPSA) is 92.8 Å². The van der Waals surface area contributed by atoms with Gasteiger partial charge in [-0.3, -0.25) is 9.78 Å². The number of hydrogen-bond acceptors (Lipinski definition) is 5. The second-order valence-electron chi connectivity index (χ2n) is 8.55. The van der Waals surface area contributed by atoms with Gasteiger partial charge in [-0.1, -0.05) is 12.1 Å². The molecule has 2 heterocycles. The van der Waals surface area contributed by atoms with Crippen LogP contribution in [0.1, 0.15) is 35.2 Å². The molecule has 3 aromatic rings. The van der Waals surface area contributed by atoms with Gasteiger partial charge in [0.15, 0.2) is 11.5 Å². The Morgan fingerprint density at radius 1 is 1.08 bits per heavy atom. The number of benzene rings is 2. The molecule has 1 aliphatic rings. The summed E-state index contributed by atoms with van der Waals surface area (Å²) in [7, 11) is 3.13. The molecule has 2 atom stereocenters. The second kappa shape index (κ2) is 11.1. The first-order valence-electron chi connectivity index (χ1n) is 11.6. The van der Waals surface area contributed by atoms with E-state index in [4.69, 9.17) is 9.47 Å². The van der Waals surface area contributed by atoms with Crippen LogP contribution in [0.25, 0.3) is 0 Å². The number of methoxy groups -OCH3 is 2. The lowest BCUT2D eigenvalue weighted by molar-refractivity contribution is -0.122. The summed E-state index contributed by atoms with van der Waals surface area (Å²) < 4.78 is 24.7. The molecule has 0 bridgehead atoms. The number of carbonyl (C=O) groups is 2. The second-order valence-corrected chi connectivity index (χ2v) is 8.55. The first-order valence-corrected chi connectivity index (χ1v) is 11.6. The van der Waals surface area contributed by atoms with Gasteiger partial charge in [0.25, 0.3) is 0 Å². The van der Waals surface area contributed by atoms with Crippen molar-refractivity contribution in [1.29, 1.82) is 0 Å². The van der Waals surface area contributed by atoms with E-state index in [1.807, 2.05) is 24.3 Å². The Bertz CT molecular complexity index is 1220. The van der Waals surface area contributed by atoms with Crippen molar-refractivity contribution in [2.75, 3.05) is 20.8 Å². The molecule has 9 heteroatoms. The summed E-state index contributed by atoms with van der Waals surface area (Å²) in [6.07, 6.45) is 3.89. The van der Waals surface area contributed by atoms with Gasteiger partial charge >= 0.3 is 6.03 Å². The lowest BCUT2D eigenvalue weighted by atomic mass is 9.88. The molecule has 2 N–H and O–H groups in total. The van der Waals surface area contributed by atoms with Crippen molar-refractivity contribution >= 4 is 11.9 Å². The molecule has 188 valence electrons. The molecule has 2 unspecified atom stereocenters. The minimum absolute atomic E-state index is 0.303. The van der Waals surface area contributed by atoms with Gasteiger partial charge in [-0.05, 0) is 72.0 Å². The van der Waals surface area contributed by atoms with Crippen molar-refractivity contribution in [2.45, 2.75) is 32.0 Å². The Balaban J connectivity index is 1.57. The van der Waals surface area contributed by atoms with Crippen LogP contribution in [0.15, 0.2) is 60.9 Å². The first-order chi connectivity index (χ1) is 17.4. The number of rotatable bonds is 7. The largest absolute Gasteiger partial charge is 0.493 e. The molecule has 2 aromatic carbocycles. The molecule has 0 radical (unpaired) electrons. The summed E-state index contributed by atoms with van der Waals surface area (Å²) in [5.41, 5.74) is 3.52. The number of nitrogens with one attached hydrogen (secondary N) is 2. The highest BCUT2D eigenvalue weighted by atomic mass is 19.1. The number of amides is 3. The van der Waals surface area contributed by atoms with E-state index in [-0.39, 0.29) is 11.7 Å². The Hall–Kier alpha value is -4.14. The quantitative estimate of drug-likeness (QED) is 0.526. The Kier molecular flexibility index (Phi) is 7.68. The molecular formula is C27H29FN4O4. The third-order valence-electron chi connectivity index (χ3n) is 6.27. The summed E-state index contributed by atoms with van der Waals surface area (Å²) in [5.74, 6) is 0.473. The summed E-state index contributed by atoms with van der Waals surface area (Å²) >= 11 is 0. The Morgan fingerprint density at radius 2 is 1.75 bits per heavy atom. The lowest BCUT2D eigenvalue weighted by Crippen LogP contribution is -2.52. The molecule has 0 aliphatic carbocycles. The molecule has 1 aliphatic heterocycles. The number of urea groups is 1. The van der Waals surface area contributed by atoms with Crippen LogP contribution in [-0.4, -0.2) is 48.6 Å². The van der Waals surface area contributed by atoms with Crippen molar-refractivity contribution in [3.05, 3.63) is 89.0 Å². The summed E-state index contributed by atoms with van der Waals surface area (Å²) in [6, 6.07) is 11.8. The number of ether oxygens (including phenoxy) is 2. The fourth-order valence-electron chi connectivity index (χ4n) is 4.35. The molecule has 3 amide bonds. The molecule has 36 heavy (non-hydrogen) atoms. The average Bonchev–Trinajstić information content (AvgIpc) is 2.91. The SMILES string of the molecule is COc1cc2c(cc1OC)C(c1ccc(F)cc1)N(C(=O)NC(C)C(=O)NCc1ccncc1)CC2. The number of nitrogens with zero attached hydrogens (tertiary/aromatic N) is 2. The summed E-state index contributed by atoms with van der Waals surface area (Å²) in [6.45, 7) is 2.37. The van der Waals surface area contributed by atoms with Crippen molar-refractivity contribution in [1.82, 2.24) is 20.5 Å². The van der Waals surface area contributed by atoms with Gasteiger partial charge in [-0.15, -0.1) is 0 Å². The van der Waals surface area contributed by atoms with Crippen LogP contribution >= 0.6 is 0 Å². The maximum Gasteiger partial charge on any atom is 0.318 e. The van der Waals surface area contributed by atoms with Gasteiger partial charge in [0, 0.05) is 25.5 Å². The van der Waals surface area contributed by atoms with E-state index in [9.17, 15) is 14.0 Å². The van der Waals surface area contributed by atoms with Gasteiger partial charge in [0.05, 0.1) is 20.3 Å². The van der Waals surface area contributed by atoms with Gasteiger partial charge in [-0.25, -0.2) is 9.18 Å². The lowest BCUT2D eigenvalue weighted by Gasteiger charge is -2.38. The van der Waals surface area contributed by atoms with Gasteiger partial charge in [-0.2, -0.15) is 0 Å². The zero-order chi connectivity index (χ0) is 25.7. The van der Waals surface area contributed by atoms with Crippen LogP contribution in [0, 0.1) is 5.82 Å². The molecule has 0 saturated heterocycles. The number of hydrogen-bond donors (Lipinski definition) is 2. The molecule has 1 aromatic heterocycles. The monoisotopic (exact) mass is 492 g/mol. The Labute approximate surface area is 209 Å². The van der Waals surface area contributed by atoms with Gasteiger partial charge in [0.1, 0.15) is 11.9 Å². The number of carbonyl (C=O) groups excluding carboxylic acids is 2. The van der Waals surface area contributed by atoms with Crippen LogP contribution in [0.3, 0.4) is 0 Å². The van der Waals surface area contributed by atoms with E-state index in [0.717, 1.165) is 22.3 Å². The normalized spacial score (nSPS) is 15.4. The Morgan fingerprint density at radius 3 is 2.42 bits per heavy atom. The van der Waals surface area contributed by atoms with Crippen LogP contribution < -0.4 is 20.1 Å². The first kappa shape index (κ1) is 25.0. The highest BCUT2D eigenvalue weighted by molar-refractivity contribution is 5.87. The molecule has 4 rings (SSSR count). The van der Waals surface area contributed by atoms with Crippen LogP contribution in [0.5, 0.6) is 11.5 Å². The van der Waals surface area contributed by atoms with Crippen LogP contribution in [0.4, 0.5) is 9.18 Å². The highest BCUT2D eigenvalue weighted by Gasteiger charge is 2.34. The predicted octanol–water partition coefficient (Wildman–Crippen LogP) is 3.60. The standard InChI is InChI=1S/C27H29FN4O4/c1-17(26(33)30-16-18-8-11-29-12-9-18)31-27(34)32-13-10-20-14-23(35-2)24(36-3)15-22(20)25(32)19-4-6-21(28)7-5-19/h4-9,11-12,14-15,17,25H,10,13,16H2,1-3H3,(H,30,33)(H,31,34). The third kappa shape index (κ3) is 5.40. The molecular weight excluding hydrogens is 463 g/mol. The highest BCUT2D eigenvalue weighted by Crippen LogP contribution is 2.41. The minimum Gasteiger partial charge on any atom is -0.493 e. The zero-order valence-electron chi connectivity index (χ0n) is 20.5. The van der Waals surface area contributed by atoms with Crippen molar-refractivity contribution < 1.29 is 23.5 Å². The zero-order valence-corrected chi connectivity index (χ0v) is 20.5. The summed E-state index contributed by atoms with van der Waals surface area (Å²) in [4.78, 5) is 31.7. The minimum atomic E-state index is -0.764. The van der Waals surface area contributed by atoms with Crippen molar-refractivity contribution in [3.8, 4) is 11.5 Å². The fourth-order valence-corrected chi connectivity index (χ4v) is 4.35. The smallest absolute Gasteiger partial charge is 0.318 e. The van der Waals surface area contributed by atoms with Crippen molar-refractivity contribution in [2.24, 2.45) is 0 Å². The number of pyridine rings is 1.